The lowest BCUT2D eigenvalue weighted by Gasteiger charge is -2.14. The van der Waals surface area contributed by atoms with Crippen LogP contribution in [0.4, 0.5) is 4.79 Å². The minimum absolute atomic E-state index is 0.0589. The quantitative estimate of drug-likeness (QED) is 0.870. The van der Waals surface area contributed by atoms with Gasteiger partial charge in [0.15, 0.2) is 0 Å². The van der Waals surface area contributed by atoms with Gasteiger partial charge in [0.1, 0.15) is 0 Å². The van der Waals surface area contributed by atoms with Gasteiger partial charge in [-0.25, -0.2) is 9.78 Å². The second-order valence-corrected chi connectivity index (χ2v) is 5.77. The van der Waals surface area contributed by atoms with E-state index in [9.17, 15) is 4.79 Å². The zero-order valence-electron chi connectivity index (χ0n) is 11.4. The number of amides is 2. The Morgan fingerprint density at radius 3 is 3.16 bits per heavy atom. The number of hydrogen-bond acceptors (Lipinski definition) is 4. The fraction of sp³-hybridized carbons (Fsp3) is 0.692. The lowest BCUT2D eigenvalue weighted by molar-refractivity contribution is 0.185. The highest BCUT2D eigenvalue weighted by Gasteiger charge is 2.17. The molecule has 2 unspecified atom stereocenters. The summed E-state index contributed by atoms with van der Waals surface area (Å²) in [6.07, 6.45) is 1.97. The van der Waals surface area contributed by atoms with E-state index in [-0.39, 0.29) is 12.1 Å². The predicted octanol–water partition coefficient (Wildman–Crippen LogP) is 2.10. The fourth-order valence-electron chi connectivity index (χ4n) is 1.99. The van der Waals surface area contributed by atoms with Crippen LogP contribution >= 0.6 is 11.3 Å². The zero-order chi connectivity index (χ0) is 13.7. The molecule has 1 saturated heterocycles. The summed E-state index contributed by atoms with van der Waals surface area (Å²) in [4.78, 5) is 16.2. The number of urea groups is 1. The second kappa shape index (κ2) is 6.86. The van der Waals surface area contributed by atoms with Crippen molar-refractivity contribution in [1.29, 1.82) is 0 Å². The third-order valence-corrected chi connectivity index (χ3v) is 4.25. The number of ether oxygens (including phenoxy) is 1. The molecule has 0 spiro atoms. The number of hydrogen-bond donors (Lipinski definition) is 2. The second-order valence-electron chi connectivity index (χ2n) is 4.83. The van der Waals surface area contributed by atoms with Crippen molar-refractivity contribution < 1.29 is 9.53 Å². The summed E-state index contributed by atoms with van der Waals surface area (Å²) in [5.41, 5.74) is 0.932. The fourth-order valence-corrected chi connectivity index (χ4v) is 2.83. The number of aryl methyl sites for hydroxylation is 1. The normalized spacial score (nSPS) is 20.2. The predicted molar refractivity (Wildman–Crippen MR) is 75.4 cm³/mol. The molecule has 1 aromatic rings. The van der Waals surface area contributed by atoms with Gasteiger partial charge in [-0.15, -0.1) is 11.3 Å². The lowest BCUT2D eigenvalue weighted by atomic mass is 10.1. The van der Waals surface area contributed by atoms with Gasteiger partial charge in [0, 0.05) is 24.4 Å². The van der Waals surface area contributed by atoms with Gasteiger partial charge in [0.2, 0.25) is 0 Å². The van der Waals surface area contributed by atoms with E-state index in [0.717, 1.165) is 36.8 Å². The van der Waals surface area contributed by atoms with Crippen LogP contribution in [-0.2, 0) is 11.2 Å². The first-order valence-corrected chi connectivity index (χ1v) is 7.63. The van der Waals surface area contributed by atoms with E-state index < -0.39 is 0 Å². The van der Waals surface area contributed by atoms with Gasteiger partial charge >= 0.3 is 6.03 Å². The van der Waals surface area contributed by atoms with Gasteiger partial charge < -0.3 is 15.4 Å². The maximum absolute atomic E-state index is 11.8. The highest BCUT2D eigenvalue weighted by atomic mass is 32.1. The number of carbonyl (C=O) groups is 1. The van der Waals surface area contributed by atoms with Crippen LogP contribution in [0.3, 0.4) is 0 Å². The number of thiazole rings is 1. The van der Waals surface area contributed by atoms with Gasteiger partial charge in [0.25, 0.3) is 0 Å². The van der Waals surface area contributed by atoms with Crippen molar-refractivity contribution >= 4 is 17.4 Å². The van der Waals surface area contributed by atoms with Gasteiger partial charge in [-0.05, 0) is 19.8 Å². The van der Waals surface area contributed by atoms with Crippen LogP contribution in [0, 0.1) is 5.92 Å². The van der Waals surface area contributed by atoms with Crippen LogP contribution in [-0.4, -0.2) is 30.8 Å². The SMILES string of the molecule is CCc1nc(C(C)NC(=O)NCC2CCOC2)cs1. The van der Waals surface area contributed by atoms with Gasteiger partial charge in [-0.2, -0.15) is 0 Å². The zero-order valence-corrected chi connectivity index (χ0v) is 12.3. The van der Waals surface area contributed by atoms with Crippen molar-refractivity contribution in [1.82, 2.24) is 15.6 Å². The molecule has 0 bridgehead atoms. The Balaban J connectivity index is 1.74. The molecule has 1 fully saturated rings. The summed E-state index contributed by atoms with van der Waals surface area (Å²) in [6, 6.07) is -0.193. The first-order chi connectivity index (χ1) is 9.19. The summed E-state index contributed by atoms with van der Waals surface area (Å²) in [6.45, 7) is 6.27. The molecule has 2 heterocycles. The van der Waals surface area contributed by atoms with Gasteiger partial charge in [-0.1, -0.05) is 6.92 Å². The van der Waals surface area contributed by atoms with Crippen LogP contribution in [0.15, 0.2) is 5.38 Å². The Morgan fingerprint density at radius 2 is 2.53 bits per heavy atom. The molecule has 5 nitrogen and oxygen atoms in total. The van der Waals surface area contributed by atoms with Crippen LogP contribution < -0.4 is 10.6 Å². The van der Waals surface area contributed by atoms with Crippen molar-refractivity contribution in [3.05, 3.63) is 16.1 Å². The van der Waals surface area contributed by atoms with E-state index in [1.54, 1.807) is 11.3 Å². The van der Waals surface area contributed by atoms with E-state index in [2.05, 4.69) is 22.5 Å². The van der Waals surface area contributed by atoms with Crippen LogP contribution in [0.5, 0.6) is 0 Å². The third kappa shape index (κ3) is 4.18. The minimum atomic E-state index is -0.134. The summed E-state index contributed by atoms with van der Waals surface area (Å²) >= 11 is 1.64. The molecule has 2 N–H and O–H groups in total. The molecule has 2 amide bonds. The molecule has 2 rings (SSSR count). The van der Waals surface area contributed by atoms with E-state index >= 15 is 0 Å². The maximum Gasteiger partial charge on any atom is 0.315 e. The topological polar surface area (TPSA) is 63.2 Å². The van der Waals surface area contributed by atoms with E-state index in [4.69, 9.17) is 4.74 Å². The molecule has 0 aromatic carbocycles. The standard InChI is InChI=1S/C13H21N3O2S/c1-3-12-16-11(8-19-12)9(2)15-13(17)14-6-10-4-5-18-7-10/h8-10H,3-7H2,1-2H3,(H2,14,15,17). The Hall–Kier alpha value is -1.14. The molecule has 0 aliphatic carbocycles. The van der Waals surface area contributed by atoms with Crippen molar-refractivity contribution in [3.8, 4) is 0 Å². The maximum atomic E-state index is 11.8. The lowest BCUT2D eigenvalue weighted by Crippen LogP contribution is -2.39. The summed E-state index contributed by atoms with van der Waals surface area (Å²) in [7, 11) is 0. The largest absolute Gasteiger partial charge is 0.381 e. The number of carbonyl (C=O) groups excluding carboxylic acids is 1. The van der Waals surface area contributed by atoms with Crippen LogP contribution in [0.2, 0.25) is 0 Å². The van der Waals surface area contributed by atoms with Crippen molar-refractivity contribution in [2.24, 2.45) is 5.92 Å². The van der Waals surface area contributed by atoms with E-state index in [0.29, 0.717) is 12.5 Å². The Morgan fingerprint density at radius 1 is 1.68 bits per heavy atom. The first-order valence-electron chi connectivity index (χ1n) is 6.75. The highest BCUT2D eigenvalue weighted by Crippen LogP contribution is 2.16. The van der Waals surface area contributed by atoms with Gasteiger partial charge in [0.05, 0.1) is 23.4 Å². The van der Waals surface area contributed by atoms with Crippen LogP contribution in [0.25, 0.3) is 0 Å². The smallest absolute Gasteiger partial charge is 0.315 e. The molecular formula is C13H21N3O2S. The average molecular weight is 283 g/mol. The molecule has 19 heavy (non-hydrogen) atoms. The number of aromatic nitrogens is 1. The monoisotopic (exact) mass is 283 g/mol. The molecular weight excluding hydrogens is 262 g/mol. The van der Waals surface area contributed by atoms with E-state index in [1.807, 2.05) is 12.3 Å². The molecule has 2 atom stereocenters. The third-order valence-electron chi connectivity index (χ3n) is 3.24. The summed E-state index contributed by atoms with van der Waals surface area (Å²) in [5.74, 6) is 0.451. The van der Waals surface area contributed by atoms with Crippen molar-refractivity contribution in [2.45, 2.75) is 32.7 Å². The van der Waals surface area contributed by atoms with Crippen LogP contribution in [0.1, 0.15) is 37.0 Å². The first kappa shape index (κ1) is 14.3. The Bertz CT molecular complexity index is 416. The molecule has 6 heteroatoms. The summed E-state index contributed by atoms with van der Waals surface area (Å²) < 4.78 is 5.27. The number of rotatable bonds is 5. The summed E-state index contributed by atoms with van der Waals surface area (Å²) in [5, 5.41) is 8.91. The average Bonchev–Trinajstić information content (AvgIpc) is 3.07. The molecule has 106 valence electrons. The Kier molecular flexibility index (Phi) is 5.15. The Labute approximate surface area is 117 Å². The molecule has 1 aromatic heterocycles. The molecule has 1 aliphatic heterocycles. The molecule has 1 aliphatic rings. The highest BCUT2D eigenvalue weighted by molar-refractivity contribution is 7.09. The number of nitrogens with zero attached hydrogens (tertiary/aromatic N) is 1. The van der Waals surface area contributed by atoms with E-state index in [1.165, 1.54) is 0 Å². The molecule has 0 saturated carbocycles. The number of nitrogens with one attached hydrogen (secondary N) is 2. The molecule has 0 radical (unpaired) electrons. The minimum Gasteiger partial charge on any atom is -0.381 e. The van der Waals surface area contributed by atoms with Gasteiger partial charge in [-0.3, -0.25) is 0 Å². The van der Waals surface area contributed by atoms with Crippen molar-refractivity contribution in [3.63, 3.8) is 0 Å². The van der Waals surface area contributed by atoms with Crippen molar-refractivity contribution in [2.75, 3.05) is 19.8 Å².